The molecule has 6 heteroatoms. The number of thioether (sulfide) groups is 1. The van der Waals surface area contributed by atoms with Crippen LogP contribution in [0.25, 0.3) is 16.6 Å². The van der Waals surface area contributed by atoms with Gasteiger partial charge in [0.15, 0.2) is 5.16 Å². The molecule has 2 heterocycles. The second-order valence-corrected chi connectivity index (χ2v) is 8.84. The first kappa shape index (κ1) is 19.7. The van der Waals surface area contributed by atoms with Gasteiger partial charge in [-0.2, -0.15) is 0 Å². The number of fused-ring (bicyclic) bond motifs is 1. The zero-order valence-electron chi connectivity index (χ0n) is 16.8. The predicted molar refractivity (Wildman–Crippen MR) is 118 cm³/mol. The highest BCUT2D eigenvalue weighted by atomic mass is 32.2. The molecule has 0 aliphatic carbocycles. The molecular formula is C23H25N3O2S. The van der Waals surface area contributed by atoms with Crippen molar-refractivity contribution in [2.24, 2.45) is 0 Å². The maximum Gasteiger partial charge on any atom is 0.266 e. The van der Waals surface area contributed by atoms with Crippen LogP contribution in [0.5, 0.6) is 0 Å². The van der Waals surface area contributed by atoms with Crippen LogP contribution >= 0.6 is 11.8 Å². The van der Waals surface area contributed by atoms with Crippen molar-refractivity contribution in [3.63, 3.8) is 0 Å². The minimum absolute atomic E-state index is 0.112. The van der Waals surface area contributed by atoms with Crippen LogP contribution in [0.4, 0.5) is 0 Å². The molecule has 1 amide bonds. The van der Waals surface area contributed by atoms with Gasteiger partial charge in [-0.05, 0) is 57.4 Å². The van der Waals surface area contributed by atoms with Gasteiger partial charge in [0, 0.05) is 13.1 Å². The van der Waals surface area contributed by atoms with Gasteiger partial charge in [0.05, 0.1) is 21.8 Å². The van der Waals surface area contributed by atoms with Gasteiger partial charge >= 0.3 is 0 Å². The van der Waals surface area contributed by atoms with E-state index >= 15 is 0 Å². The first-order valence-corrected chi connectivity index (χ1v) is 11.0. The average Bonchev–Trinajstić information content (AvgIpc) is 2.75. The minimum atomic E-state index is -0.308. The molecule has 4 rings (SSSR count). The molecule has 1 aliphatic rings. The van der Waals surface area contributed by atoms with E-state index in [0.29, 0.717) is 16.1 Å². The van der Waals surface area contributed by atoms with Gasteiger partial charge < -0.3 is 4.90 Å². The average molecular weight is 408 g/mol. The fourth-order valence-electron chi connectivity index (χ4n) is 3.69. The number of aryl methyl sites for hydroxylation is 1. The summed E-state index contributed by atoms with van der Waals surface area (Å²) in [5.74, 6) is 0.118. The summed E-state index contributed by atoms with van der Waals surface area (Å²) in [6.07, 6.45) is 3.31. The van der Waals surface area contributed by atoms with Crippen molar-refractivity contribution < 1.29 is 4.79 Å². The number of hydrogen-bond donors (Lipinski definition) is 0. The van der Waals surface area contributed by atoms with Crippen LogP contribution in [0.2, 0.25) is 0 Å². The number of carbonyl (C=O) groups excluding carboxylic acids is 1. The van der Waals surface area contributed by atoms with Crippen LogP contribution in [0.3, 0.4) is 0 Å². The third kappa shape index (κ3) is 4.08. The van der Waals surface area contributed by atoms with Gasteiger partial charge in [-0.3, -0.25) is 14.2 Å². The highest BCUT2D eigenvalue weighted by Gasteiger charge is 2.25. The third-order valence-corrected chi connectivity index (χ3v) is 6.37. The number of nitrogens with zero attached hydrogens (tertiary/aromatic N) is 3. The lowest BCUT2D eigenvalue weighted by Gasteiger charge is -2.29. The van der Waals surface area contributed by atoms with E-state index in [1.165, 1.54) is 18.2 Å². The molecule has 1 fully saturated rings. The largest absolute Gasteiger partial charge is 0.342 e. The normalized spacial score (nSPS) is 15.4. The van der Waals surface area contributed by atoms with Crippen LogP contribution in [0.15, 0.2) is 58.5 Å². The van der Waals surface area contributed by atoms with E-state index in [9.17, 15) is 9.59 Å². The van der Waals surface area contributed by atoms with E-state index in [2.05, 4.69) is 0 Å². The zero-order valence-corrected chi connectivity index (χ0v) is 17.6. The summed E-state index contributed by atoms with van der Waals surface area (Å²) in [5, 5.41) is 0.820. The Morgan fingerprint density at radius 2 is 1.72 bits per heavy atom. The molecule has 0 bridgehead atoms. The van der Waals surface area contributed by atoms with Crippen molar-refractivity contribution in [1.82, 2.24) is 14.5 Å². The van der Waals surface area contributed by atoms with Gasteiger partial charge in [0.2, 0.25) is 5.91 Å². The van der Waals surface area contributed by atoms with E-state index < -0.39 is 0 Å². The lowest BCUT2D eigenvalue weighted by molar-refractivity contribution is -0.131. The molecular weight excluding hydrogens is 382 g/mol. The fraction of sp³-hybridized carbons (Fsp3) is 0.348. The summed E-state index contributed by atoms with van der Waals surface area (Å²) in [6.45, 7) is 5.56. The second-order valence-electron chi connectivity index (χ2n) is 7.53. The first-order valence-electron chi connectivity index (χ1n) is 10.1. The smallest absolute Gasteiger partial charge is 0.266 e. The molecule has 2 aromatic carbocycles. The Labute approximate surface area is 174 Å². The number of benzene rings is 2. The van der Waals surface area contributed by atoms with Crippen molar-refractivity contribution in [1.29, 1.82) is 0 Å². The molecule has 29 heavy (non-hydrogen) atoms. The van der Waals surface area contributed by atoms with Crippen molar-refractivity contribution in [3.05, 3.63) is 64.4 Å². The van der Waals surface area contributed by atoms with E-state index in [0.717, 1.165) is 37.2 Å². The van der Waals surface area contributed by atoms with Gasteiger partial charge in [0.1, 0.15) is 0 Å². The number of likely N-dealkylation sites (tertiary alicyclic amines) is 1. The van der Waals surface area contributed by atoms with E-state index in [1.54, 1.807) is 10.6 Å². The quantitative estimate of drug-likeness (QED) is 0.481. The van der Waals surface area contributed by atoms with Crippen molar-refractivity contribution in [3.8, 4) is 5.69 Å². The summed E-state index contributed by atoms with van der Waals surface area (Å²) in [5.41, 5.74) is 2.43. The Bertz CT molecular complexity index is 1090. The molecule has 1 atom stereocenters. The number of amides is 1. The first-order chi connectivity index (χ1) is 14.0. The zero-order chi connectivity index (χ0) is 20.4. The lowest BCUT2D eigenvalue weighted by Crippen LogP contribution is -2.40. The Balaban J connectivity index is 1.75. The topological polar surface area (TPSA) is 55.2 Å². The summed E-state index contributed by atoms with van der Waals surface area (Å²) >= 11 is 1.36. The summed E-state index contributed by atoms with van der Waals surface area (Å²) in [6, 6.07) is 15.2. The van der Waals surface area contributed by atoms with Crippen molar-refractivity contribution >= 4 is 28.6 Å². The standard InChI is InChI=1S/C23H25N3O2S/c1-16-10-12-18(13-11-16)26-22(28)19-8-4-5-9-20(19)24-23(26)29-17(2)21(27)25-14-6-3-7-15-25/h4-5,8-13,17H,3,6-7,14-15H2,1-2H3/t17-/m0/s1. The minimum Gasteiger partial charge on any atom is -0.342 e. The number of carbonyl (C=O) groups is 1. The number of para-hydroxylation sites is 1. The van der Waals surface area contributed by atoms with Crippen LogP contribution in [-0.2, 0) is 4.79 Å². The van der Waals surface area contributed by atoms with Gasteiger partial charge in [-0.25, -0.2) is 4.98 Å². The van der Waals surface area contributed by atoms with Crippen LogP contribution in [0, 0.1) is 6.92 Å². The third-order valence-electron chi connectivity index (χ3n) is 5.33. The van der Waals surface area contributed by atoms with Crippen molar-refractivity contribution in [2.45, 2.75) is 43.5 Å². The van der Waals surface area contributed by atoms with E-state index in [-0.39, 0.29) is 16.7 Å². The number of piperidine rings is 1. The number of aromatic nitrogens is 2. The molecule has 1 aliphatic heterocycles. The van der Waals surface area contributed by atoms with Crippen LogP contribution in [-0.4, -0.2) is 38.7 Å². The van der Waals surface area contributed by atoms with E-state index in [4.69, 9.17) is 4.98 Å². The molecule has 0 N–H and O–H groups in total. The Hall–Kier alpha value is -2.60. The predicted octanol–water partition coefficient (Wildman–Crippen LogP) is 4.19. The van der Waals surface area contributed by atoms with Gasteiger partial charge in [-0.1, -0.05) is 41.6 Å². The summed E-state index contributed by atoms with van der Waals surface area (Å²) in [7, 11) is 0. The highest BCUT2D eigenvalue weighted by molar-refractivity contribution is 8.00. The van der Waals surface area contributed by atoms with Gasteiger partial charge in [-0.15, -0.1) is 0 Å². The Morgan fingerprint density at radius 3 is 2.45 bits per heavy atom. The monoisotopic (exact) mass is 407 g/mol. The molecule has 3 aromatic rings. The molecule has 1 aromatic heterocycles. The van der Waals surface area contributed by atoms with Crippen LogP contribution < -0.4 is 5.56 Å². The summed E-state index contributed by atoms with van der Waals surface area (Å²) in [4.78, 5) is 32.9. The Kier molecular flexibility index (Phi) is 5.72. The Morgan fingerprint density at radius 1 is 1.03 bits per heavy atom. The van der Waals surface area contributed by atoms with Gasteiger partial charge in [0.25, 0.3) is 5.56 Å². The molecule has 0 unspecified atom stereocenters. The van der Waals surface area contributed by atoms with Crippen LogP contribution in [0.1, 0.15) is 31.7 Å². The molecule has 1 saturated heterocycles. The fourth-order valence-corrected chi connectivity index (χ4v) is 4.70. The van der Waals surface area contributed by atoms with Crippen molar-refractivity contribution in [2.75, 3.05) is 13.1 Å². The molecule has 150 valence electrons. The SMILES string of the molecule is Cc1ccc(-n2c(S[C@@H](C)C(=O)N3CCCCC3)nc3ccccc3c2=O)cc1. The second kappa shape index (κ2) is 8.41. The number of hydrogen-bond acceptors (Lipinski definition) is 4. The molecule has 5 nitrogen and oxygen atoms in total. The maximum absolute atomic E-state index is 13.3. The number of rotatable bonds is 4. The summed E-state index contributed by atoms with van der Waals surface area (Å²) < 4.78 is 1.63. The molecule has 0 saturated carbocycles. The maximum atomic E-state index is 13.3. The highest BCUT2D eigenvalue weighted by Crippen LogP contribution is 2.27. The molecule has 0 spiro atoms. The van der Waals surface area contributed by atoms with E-state index in [1.807, 2.05) is 61.2 Å². The molecule has 0 radical (unpaired) electrons. The lowest BCUT2D eigenvalue weighted by atomic mass is 10.1.